The predicted octanol–water partition coefficient (Wildman–Crippen LogP) is 3.81. The van der Waals surface area contributed by atoms with E-state index in [0.29, 0.717) is 18.7 Å². The van der Waals surface area contributed by atoms with Gasteiger partial charge in [0.1, 0.15) is 5.69 Å². The largest absolute Gasteiger partial charge is 0.372 e. The second-order valence-corrected chi connectivity index (χ2v) is 6.96. The molecular formula is C22H28N4O2. The lowest BCUT2D eigenvalue weighted by Crippen LogP contribution is -2.31. The molecule has 1 fully saturated rings. The molecule has 6 heteroatoms. The van der Waals surface area contributed by atoms with Crippen LogP contribution >= 0.6 is 0 Å². The highest BCUT2D eigenvalue weighted by molar-refractivity contribution is 6.05. The van der Waals surface area contributed by atoms with Gasteiger partial charge in [-0.25, -0.2) is 0 Å². The zero-order valence-corrected chi connectivity index (χ0v) is 16.6. The van der Waals surface area contributed by atoms with Crippen molar-refractivity contribution in [1.82, 2.24) is 9.88 Å². The molecule has 2 heterocycles. The zero-order valence-electron chi connectivity index (χ0n) is 16.6. The maximum atomic E-state index is 12.6. The summed E-state index contributed by atoms with van der Waals surface area (Å²) in [6, 6.07) is 11.1. The molecule has 0 bridgehead atoms. The lowest BCUT2D eigenvalue weighted by molar-refractivity contribution is 0.0767. The van der Waals surface area contributed by atoms with Crippen LogP contribution in [0.4, 0.5) is 11.4 Å². The number of nitrogens with zero attached hydrogens (tertiary/aromatic N) is 3. The molecule has 0 saturated carbocycles. The van der Waals surface area contributed by atoms with E-state index in [1.807, 2.05) is 38.1 Å². The third-order valence-corrected chi connectivity index (χ3v) is 5.14. The van der Waals surface area contributed by atoms with E-state index in [1.165, 1.54) is 31.1 Å². The van der Waals surface area contributed by atoms with E-state index in [-0.39, 0.29) is 17.5 Å². The second kappa shape index (κ2) is 9.35. The van der Waals surface area contributed by atoms with Crippen molar-refractivity contribution in [3.05, 3.63) is 53.9 Å². The summed E-state index contributed by atoms with van der Waals surface area (Å²) in [5.74, 6) is -0.410. The number of rotatable bonds is 6. The number of nitrogens with one attached hydrogen (secondary N) is 1. The fourth-order valence-corrected chi connectivity index (χ4v) is 3.47. The molecule has 1 aliphatic heterocycles. The molecule has 3 rings (SSSR count). The van der Waals surface area contributed by atoms with Crippen molar-refractivity contribution < 1.29 is 9.59 Å². The van der Waals surface area contributed by atoms with Gasteiger partial charge in [-0.3, -0.25) is 14.6 Å². The molecule has 0 aliphatic carbocycles. The van der Waals surface area contributed by atoms with Crippen LogP contribution in [0, 0.1) is 0 Å². The molecule has 2 amide bonds. The monoisotopic (exact) mass is 380 g/mol. The number of aromatic nitrogens is 1. The van der Waals surface area contributed by atoms with Crippen molar-refractivity contribution >= 4 is 23.2 Å². The van der Waals surface area contributed by atoms with Gasteiger partial charge in [0.15, 0.2) is 0 Å². The van der Waals surface area contributed by atoms with Crippen molar-refractivity contribution in [3.63, 3.8) is 0 Å². The van der Waals surface area contributed by atoms with Crippen molar-refractivity contribution in [2.75, 3.05) is 36.4 Å². The van der Waals surface area contributed by atoms with E-state index in [1.54, 1.807) is 17.0 Å². The minimum atomic E-state index is -0.248. The van der Waals surface area contributed by atoms with Gasteiger partial charge in [0.2, 0.25) is 0 Å². The van der Waals surface area contributed by atoms with Crippen LogP contribution in [0.15, 0.2) is 42.6 Å². The summed E-state index contributed by atoms with van der Waals surface area (Å²) in [4.78, 5) is 33.3. The van der Waals surface area contributed by atoms with Gasteiger partial charge < -0.3 is 15.1 Å². The summed E-state index contributed by atoms with van der Waals surface area (Å²) in [5, 5.41) is 2.90. The van der Waals surface area contributed by atoms with Crippen LogP contribution in [0.2, 0.25) is 0 Å². The standard InChI is InChI=1S/C22H28N4O2/c1-3-25(4-2)22(28)20-16-17(12-13-23-20)21(27)24-18-8-10-19(11-9-18)26-14-6-5-7-15-26/h8-13,16H,3-7,14-15H2,1-2H3,(H,24,27). The summed E-state index contributed by atoms with van der Waals surface area (Å²) >= 11 is 0. The molecule has 0 radical (unpaired) electrons. The molecule has 1 N–H and O–H groups in total. The van der Waals surface area contributed by atoms with Crippen molar-refractivity contribution in [3.8, 4) is 0 Å². The average Bonchev–Trinajstić information content (AvgIpc) is 2.75. The zero-order chi connectivity index (χ0) is 19.9. The maximum Gasteiger partial charge on any atom is 0.272 e. The van der Waals surface area contributed by atoms with Gasteiger partial charge in [-0.15, -0.1) is 0 Å². The molecule has 6 nitrogen and oxygen atoms in total. The minimum absolute atomic E-state index is 0.162. The summed E-state index contributed by atoms with van der Waals surface area (Å²) in [6.45, 7) is 7.24. The molecular weight excluding hydrogens is 352 g/mol. The third kappa shape index (κ3) is 4.68. The number of amides is 2. The summed E-state index contributed by atoms with van der Waals surface area (Å²) in [5.41, 5.74) is 2.63. The van der Waals surface area contributed by atoms with Crippen LogP contribution in [-0.2, 0) is 0 Å². The number of anilines is 2. The Labute approximate surface area is 166 Å². The molecule has 0 spiro atoms. The highest BCUT2D eigenvalue weighted by atomic mass is 16.2. The Morgan fingerprint density at radius 1 is 1.04 bits per heavy atom. The number of carbonyl (C=O) groups is 2. The first-order valence-electron chi connectivity index (χ1n) is 10.0. The minimum Gasteiger partial charge on any atom is -0.372 e. The van der Waals surface area contributed by atoms with E-state index >= 15 is 0 Å². The number of piperidine rings is 1. The Hall–Kier alpha value is -2.89. The van der Waals surface area contributed by atoms with E-state index in [2.05, 4.69) is 15.2 Å². The van der Waals surface area contributed by atoms with Gasteiger partial charge in [-0.05, 0) is 69.5 Å². The van der Waals surface area contributed by atoms with Crippen molar-refractivity contribution in [2.24, 2.45) is 0 Å². The third-order valence-electron chi connectivity index (χ3n) is 5.14. The van der Waals surface area contributed by atoms with Gasteiger partial charge in [-0.1, -0.05) is 0 Å². The van der Waals surface area contributed by atoms with E-state index in [0.717, 1.165) is 18.8 Å². The fourth-order valence-electron chi connectivity index (χ4n) is 3.47. The number of hydrogen-bond acceptors (Lipinski definition) is 4. The van der Waals surface area contributed by atoms with Crippen LogP contribution in [0.1, 0.15) is 54.0 Å². The number of benzene rings is 1. The van der Waals surface area contributed by atoms with Crippen molar-refractivity contribution in [1.29, 1.82) is 0 Å². The number of hydrogen-bond donors (Lipinski definition) is 1. The van der Waals surface area contributed by atoms with Crippen LogP contribution in [-0.4, -0.2) is 47.9 Å². The van der Waals surface area contributed by atoms with Gasteiger partial charge in [0, 0.05) is 49.3 Å². The molecule has 1 saturated heterocycles. The van der Waals surface area contributed by atoms with Gasteiger partial charge in [0.25, 0.3) is 11.8 Å². The fraction of sp³-hybridized carbons (Fsp3) is 0.409. The predicted molar refractivity (Wildman–Crippen MR) is 112 cm³/mol. The first-order chi connectivity index (χ1) is 13.6. The molecule has 2 aromatic rings. The maximum absolute atomic E-state index is 12.6. The van der Waals surface area contributed by atoms with Crippen LogP contribution in [0.5, 0.6) is 0 Å². The smallest absolute Gasteiger partial charge is 0.272 e. The first-order valence-corrected chi connectivity index (χ1v) is 10.0. The molecule has 148 valence electrons. The van der Waals surface area contributed by atoms with E-state index < -0.39 is 0 Å². The Balaban J connectivity index is 1.67. The first kappa shape index (κ1) is 19.9. The second-order valence-electron chi connectivity index (χ2n) is 6.96. The lowest BCUT2D eigenvalue weighted by atomic mass is 10.1. The molecule has 1 aliphatic rings. The molecule has 0 atom stereocenters. The Morgan fingerprint density at radius 3 is 2.36 bits per heavy atom. The molecule has 0 unspecified atom stereocenters. The number of carbonyl (C=O) groups excluding carboxylic acids is 2. The Morgan fingerprint density at radius 2 is 1.71 bits per heavy atom. The topological polar surface area (TPSA) is 65.5 Å². The molecule has 1 aromatic heterocycles. The highest BCUT2D eigenvalue weighted by Crippen LogP contribution is 2.22. The SMILES string of the molecule is CCN(CC)C(=O)c1cc(C(=O)Nc2ccc(N3CCCCC3)cc2)ccn1. The quantitative estimate of drug-likeness (QED) is 0.828. The summed E-state index contributed by atoms with van der Waals surface area (Å²) in [6.07, 6.45) is 5.27. The van der Waals surface area contributed by atoms with Crippen LogP contribution in [0.25, 0.3) is 0 Å². The average molecular weight is 380 g/mol. The lowest BCUT2D eigenvalue weighted by Gasteiger charge is -2.28. The van der Waals surface area contributed by atoms with E-state index in [9.17, 15) is 9.59 Å². The summed E-state index contributed by atoms with van der Waals surface area (Å²) < 4.78 is 0. The van der Waals surface area contributed by atoms with Crippen LogP contribution in [0.3, 0.4) is 0 Å². The number of pyridine rings is 1. The highest BCUT2D eigenvalue weighted by Gasteiger charge is 2.16. The Bertz CT molecular complexity index is 810. The van der Waals surface area contributed by atoms with Gasteiger partial charge in [-0.2, -0.15) is 0 Å². The van der Waals surface area contributed by atoms with Crippen LogP contribution < -0.4 is 10.2 Å². The molecule has 28 heavy (non-hydrogen) atoms. The van der Waals surface area contributed by atoms with Gasteiger partial charge >= 0.3 is 0 Å². The van der Waals surface area contributed by atoms with Crippen molar-refractivity contribution in [2.45, 2.75) is 33.1 Å². The van der Waals surface area contributed by atoms with E-state index in [4.69, 9.17) is 0 Å². The van der Waals surface area contributed by atoms with Gasteiger partial charge in [0.05, 0.1) is 0 Å². The summed E-state index contributed by atoms with van der Waals surface area (Å²) in [7, 11) is 0. The molecule has 1 aromatic carbocycles. The Kier molecular flexibility index (Phi) is 6.63. The normalized spacial score (nSPS) is 13.9.